The van der Waals surface area contributed by atoms with Gasteiger partial charge in [-0.3, -0.25) is 0 Å². The Morgan fingerprint density at radius 3 is 2.00 bits per heavy atom. The van der Waals surface area contributed by atoms with Crippen LogP contribution in [0.1, 0.15) is 13.8 Å². The Bertz CT molecular complexity index is 25.1. The molecule has 0 aromatic rings. The summed E-state index contributed by atoms with van der Waals surface area (Å²) in [6.45, 7) is 6.94. The molecule has 0 N–H and O–H groups in total. The van der Waals surface area contributed by atoms with Crippen LogP contribution >= 0.6 is 0 Å². The molecule has 0 nitrogen and oxygen atoms in total. The van der Waals surface area contributed by atoms with Gasteiger partial charge in [-0.1, -0.05) is 32.4 Å². The summed E-state index contributed by atoms with van der Waals surface area (Å²) >= 11 is 0. The molecule has 38 valence electrons. The third-order valence-electron chi connectivity index (χ3n) is 0.866. The van der Waals surface area contributed by atoms with E-state index in [1.165, 1.54) is 6.04 Å². The molecule has 6 heavy (non-hydrogen) atoms. The summed E-state index contributed by atoms with van der Waals surface area (Å²) in [5.41, 5.74) is 0. The van der Waals surface area contributed by atoms with Gasteiger partial charge in [0.1, 0.15) is 0 Å². The van der Waals surface area contributed by atoms with E-state index >= 15 is 0 Å². The summed E-state index contributed by atoms with van der Waals surface area (Å²) in [6.07, 6.45) is 0. The molecule has 0 unspecified atom stereocenters. The molecule has 0 radical (unpaired) electrons. The minimum Gasteiger partial charge on any atom is -0.0748 e. The molecule has 0 atom stereocenters. The summed E-state index contributed by atoms with van der Waals surface area (Å²) in [6, 6.07) is 1.51. The summed E-state index contributed by atoms with van der Waals surface area (Å²) in [7, 11) is 0.367. The maximum Gasteiger partial charge on any atom is 0.0169 e. The van der Waals surface area contributed by atoms with Gasteiger partial charge in [-0.05, 0) is 0 Å². The lowest BCUT2D eigenvalue weighted by molar-refractivity contribution is 0.731. The van der Waals surface area contributed by atoms with Crippen molar-refractivity contribution < 1.29 is 0 Å². The molecular weight excluding hydrogens is 88.1 g/mol. The summed E-state index contributed by atoms with van der Waals surface area (Å²) in [5, 5.41) is 0. The fourth-order valence-electron chi connectivity index (χ4n) is 0.577. The van der Waals surface area contributed by atoms with Crippen molar-refractivity contribution in [1.82, 2.24) is 0 Å². The number of rotatable bonds is 2. The largest absolute Gasteiger partial charge is 0.0748 e. The van der Waals surface area contributed by atoms with Crippen molar-refractivity contribution in [3.63, 3.8) is 0 Å². The number of hydrogen-bond donors (Lipinski definition) is 0. The average molecular weight is 102 g/mol. The Hall–Kier alpha value is 0.217. The Morgan fingerprint density at radius 2 is 2.00 bits per heavy atom. The van der Waals surface area contributed by atoms with Gasteiger partial charge in [0.25, 0.3) is 0 Å². The van der Waals surface area contributed by atoms with E-state index in [0.29, 0.717) is 9.52 Å². The highest BCUT2D eigenvalue weighted by molar-refractivity contribution is 6.33. The second kappa shape index (κ2) is 3.41. The molecule has 0 bridgehead atoms. The Labute approximate surface area is 42.8 Å². The fraction of sp³-hybridized carbons (Fsp3) is 1.00. The van der Waals surface area contributed by atoms with Gasteiger partial charge in [-0.15, -0.1) is 0 Å². The van der Waals surface area contributed by atoms with Crippen molar-refractivity contribution >= 4 is 9.52 Å². The molecule has 0 aliphatic carbocycles. The molecule has 0 aliphatic rings. The molecule has 0 amide bonds. The van der Waals surface area contributed by atoms with Crippen LogP contribution in [0.2, 0.25) is 12.6 Å². The van der Waals surface area contributed by atoms with Crippen molar-refractivity contribution in [1.29, 1.82) is 0 Å². The van der Waals surface area contributed by atoms with Crippen LogP contribution in [0.25, 0.3) is 0 Å². The predicted molar refractivity (Wildman–Crippen MR) is 34.1 cm³/mol. The highest BCUT2D eigenvalue weighted by Gasteiger charge is 1.86. The van der Waals surface area contributed by atoms with Gasteiger partial charge in [-0.25, -0.2) is 0 Å². The predicted octanol–water partition coefficient (Wildman–Crippen LogP) is 1.28. The summed E-state index contributed by atoms with van der Waals surface area (Å²) < 4.78 is 0. The van der Waals surface area contributed by atoms with E-state index in [0.717, 1.165) is 5.92 Å². The van der Waals surface area contributed by atoms with Gasteiger partial charge in [-0.2, -0.15) is 0 Å². The maximum atomic E-state index is 2.36. The van der Waals surface area contributed by atoms with Gasteiger partial charge in [0.15, 0.2) is 0 Å². The lowest BCUT2D eigenvalue weighted by Gasteiger charge is -1.95. The molecule has 0 aromatic heterocycles. The first kappa shape index (κ1) is 6.22. The zero-order chi connectivity index (χ0) is 4.99. The maximum absolute atomic E-state index is 2.36. The first-order valence-corrected chi connectivity index (χ1v) is 5.18. The number of hydrogen-bond acceptors (Lipinski definition) is 0. The van der Waals surface area contributed by atoms with E-state index in [1.807, 2.05) is 0 Å². The highest BCUT2D eigenvalue weighted by Crippen LogP contribution is 1.96. The van der Waals surface area contributed by atoms with Crippen LogP contribution in [-0.4, -0.2) is 9.52 Å². The van der Waals surface area contributed by atoms with Crippen LogP contribution in [0, 0.1) is 5.92 Å². The molecule has 0 fully saturated rings. The van der Waals surface area contributed by atoms with E-state index in [9.17, 15) is 0 Å². The van der Waals surface area contributed by atoms with Crippen LogP contribution < -0.4 is 0 Å². The van der Waals surface area contributed by atoms with Gasteiger partial charge in [0, 0.05) is 9.52 Å². The summed E-state index contributed by atoms with van der Waals surface area (Å²) in [4.78, 5) is 0. The molecule has 0 heterocycles. The molecule has 0 rings (SSSR count). The fourth-order valence-corrected chi connectivity index (χ4v) is 1.73. The van der Waals surface area contributed by atoms with E-state index in [4.69, 9.17) is 0 Å². The van der Waals surface area contributed by atoms with E-state index in [1.54, 1.807) is 0 Å². The van der Waals surface area contributed by atoms with Crippen LogP contribution in [0.15, 0.2) is 0 Å². The van der Waals surface area contributed by atoms with Crippen LogP contribution in [0.4, 0.5) is 0 Å². The Balaban J connectivity index is 2.63. The van der Waals surface area contributed by atoms with Crippen molar-refractivity contribution in [2.24, 2.45) is 5.92 Å². The van der Waals surface area contributed by atoms with Crippen molar-refractivity contribution in [3.8, 4) is 0 Å². The lowest BCUT2D eigenvalue weighted by Crippen LogP contribution is -1.88. The lowest BCUT2D eigenvalue weighted by atomic mass is 10.3. The summed E-state index contributed by atoms with van der Waals surface area (Å²) in [5.74, 6) is 0.960. The Morgan fingerprint density at radius 1 is 1.50 bits per heavy atom. The van der Waals surface area contributed by atoms with Crippen molar-refractivity contribution in [2.45, 2.75) is 26.4 Å². The van der Waals surface area contributed by atoms with Crippen LogP contribution in [-0.2, 0) is 0 Å². The van der Waals surface area contributed by atoms with Crippen LogP contribution in [0.5, 0.6) is 0 Å². The molecule has 0 aromatic carbocycles. The quantitative estimate of drug-likeness (QED) is 0.461. The van der Waals surface area contributed by atoms with Crippen molar-refractivity contribution in [2.75, 3.05) is 0 Å². The Kier molecular flexibility index (Phi) is 3.53. The third-order valence-corrected chi connectivity index (χ3v) is 2.60. The smallest absolute Gasteiger partial charge is 0.0169 e. The molecule has 0 aliphatic heterocycles. The van der Waals surface area contributed by atoms with Gasteiger partial charge in [0.2, 0.25) is 0 Å². The SMILES string of the molecule is C[SiH2]CC(C)C. The molecular formula is C5H14Si. The molecule has 0 spiro atoms. The topological polar surface area (TPSA) is 0 Å². The van der Waals surface area contributed by atoms with E-state index in [2.05, 4.69) is 20.4 Å². The molecule has 0 saturated heterocycles. The van der Waals surface area contributed by atoms with Gasteiger partial charge in [0.05, 0.1) is 0 Å². The zero-order valence-electron chi connectivity index (χ0n) is 4.99. The third kappa shape index (κ3) is 4.22. The molecule has 0 saturated carbocycles. The molecule has 1 heteroatoms. The van der Waals surface area contributed by atoms with E-state index < -0.39 is 0 Å². The highest BCUT2D eigenvalue weighted by atomic mass is 28.2. The zero-order valence-corrected chi connectivity index (χ0v) is 6.41. The van der Waals surface area contributed by atoms with E-state index in [-0.39, 0.29) is 0 Å². The first-order valence-electron chi connectivity index (χ1n) is 2.77. The standard InChI is InChI=1S/C5H14Si/c1-5(2)4-6-3/h5H,4,6H2,1-3H3. The van der Waals surface area contributed by atoms with Gasteiger partial charge >= 0.3 is 0 Å². The minimum absolute atomic E-state index is 0.367. The monoisotopic (exact) mass is 102 g/mol. The van der Waals surface area contributed by atoms with Crippen molar-refractivity contribution in [3.05, 3.63) is 0 Å². The first-order chi connectivity index (χ1) is 2.77. The van der Waals surface area contributed by atoms with Crippen LogP contribution in [0.3, 0.4) is 0 Å². The normalized spacial score (nSPS) is 12.0. The minimum atomic E-state index is 0.367. The second-order valence-electron chi connectivity index (χ2n) is 2.18. The average Bonchev–Trinajstić information content (AvgIpc) is 1.35. The second-order valence-corrected chi connectivity index (χ2v) is 3.76. The van der Waals surface area contributed by atoms with Gasteiger partial charge < -0.3 is 0 Å².